The number of hydrogen-bond acceptors (Lipinski definition) is 7. The van der Waals surface area contributed by atoms with Gasteiger partial charge >= 0.3 is 0 Å². The number of thiazole rings is 1. The van der Waals surface area contributed by atoms with Crippen LogP contribution < -0.4 is 19.7 Å². The summed E-state index contributed by atoms with van der Waals surface area (Å²) in [6, 6.07) is 13.1. The molecule has 3 heterocycles. The first-order chi connectivity index (χ1) is 16.1. The van der Waals surface area contributed by atoms with E-state index in [1.807, 2.05) is 42.5 Å². The fraction of sp³-hybridized carbons (Fsp3) is 0.333. The molecule has 10 heteroatoms. The van der Waals surface area contributed by atoms with Crippen molar-refractivity contribution in [2.75, 3.05) is 44.9 Å². The number of anilines is 1. The summed E-state index contributed by atoms with van der Waals surface area (Å²) in [5, 5.41) is 4.79. The van der Waals surface area contributed by atoms with Gasteiger partial charge in [0.15, 0.2) is 11.5 Å². The topological polar surface area (TPSA) is 72.9 Å². The molecular weight excluding hydrogens is 497 g/mol. The van der Waals surface area contributed by atoms with Gasteiger partial charge in [-0.3, -0.25) is 4.79 Å². The van der Waals surface area contributed by atoms with Gasteiger partial charge in [0.05, 0.1) is 19.4 Å². The molecule has 34 heavy (non-hydrogen) atoms. The van der Waals surface area contributed by atoms with Crippen molar-refractivity contribution in [3.63, 3.8) is 0 Å². The highest BCUT2D eigenvalue weighted by Gasteiger charge is 2.30. The van der Waals surface area contributed by atoms with Crippen molar-refractivity contribution in [2.45, 2.75) is 12.5 Å². The summed E-state index contributed by atoms with van der Waals surface area (Å²) in [4.78, 5) is 20.5. The number of ether oxygens (including phenoxy) is 3. The van der Waals surface area contributed by atoms with Gasteiger partial charge in [-0.2, -0.15) is 0 Å². The zero-order chi connectivity index (χ0) is 22.8. The number of halogens is 2. The zero-order valence-electron chi connectivity index (χ0n) is 18.6. The zero-order valence-corrected chi connectivity index (χ0v) is 21.0. The van der Waals surface area contributed by atoms with Crippen molar-refractivity contribution in [3.05, 3.63) is 58.1 Å². The predicted octanol–water partition coefficient (Wildman–Crippen LogP) is 4.46. The van der Waals surface area contributed by atoms with Gasteiger partial charge in [0.1, 0.15) is 22.6 Å². The van der Waals surface area contributed by atoms with Gasteiger partial charge in [0.25, 0.3) is 5.91 Å². The van der Waals surface area contributed by atoms with Gasteiger partial charge in [-0.15, -0.1) is 23.7 Å². The van der Waals surface area contributed by atoms with Crippen LogP contribution in [0.3, 0.4) is 0 Å². The number of hydrogen-bond donors (Lipinski definition) is 1. The number of methoxy groups -OCH3 is 1. The third-order valence-electron chi connectivity index (χ3n) is 5.69. The maximum absolute atomic E-state index is 13.3. The van der Waals surface area contributed by atoms with E-state index in [0.717, 1.165) is 35.0 Å². The lowest BCUT2D eigenvalue weighted by Gasteiger charge is -2.27. The standard InChI is InChI=1S/C24H24ClN3O4S.ClH/c1-30-21-12-17(6-7-20(21)32-14-18-13-26-9-11-31-18)28-10-8-19-22(24(28)29)33-23(27-19)15-2-4-16(25)5-3-15;/h2-7,12,18,26H,8-11,13-14H2,1H3;1H/t18-;/m1./s1. The smallest absolute Gasteiger partial charge is 0.270 e. The Morgan fingerprint density at radius 1 is 1.24 bits per heavy atom. The predicted molar refractivity (Wildman–Crippen MR) is 136 cm³/mol. The van der Waals surface area contributed by atoms with Crippen molar-refractivity contribution in [2.24, 2.45) is 0 Å². The van der Waals surface area contributed by atoms with Crippen molar-refractivity contribution in [1.29, 1.82) is 0 Å². The first-order valence-electron chi connectivity index (χ1n) is 10.8. The van der Waals surface area contributed by atoms with Crippen LogP contribution in [0.25, 0.3) is 10.6 Å². The average molecular weight is 522 g/mol. The summed E-state index contributed by atoms with van der Waals surface area (Å²) in [7, 11) is 1.60. The average Bonchev–Trinajstić information content (AvgIpc) is 3.29. The molecule has 1 fully saturated rings. The minimum absolute atomic E-state index is 0. The van der Waals surface area contributed by atoms with Gasteiger partial charge in [-0.1, -0.05) is 23.7 Å². The van der Waals surface area contributed by atoms with Gasteiger partial charge in [0.2, 0.25) is 0 Å². The van der Waals surface area contributed by atoms with E-state index in [0.29, 0.717) is 47.6 Å². The number of fused-ring (bicyclic) bond motifs is 1. The van der Waals surface area contributed by atoms with E-state index in [1.54, 1.807) is 12.0 Å². The molecule has 0 bridgehead atoms. The van der Waals surface area contributed by atoms with Crippen LogP contribution in [0, 0.1) is 0 Å². The fourth-order valence-corrected chi connectivity index (χ4v) is 5.14. The number of rotatable bonds is 6. The van der Waals surface area contributed by atoms with E-state index in [4.69, 9.17) is 30.8 Å². The first kappa shape index (κ1) is 24.8. The minimum atomic E-state index is -0.0497. The Hall–Kier alpha value is -2.36. The minimum Gasteiger partial charge on any atom is -0.493 e. The third-order valence-corrected chi connectivity index (χ3v) is 7.07. The summed E-state index contributed by atoms with van der Waals surface area (Å²) in [5.74, 6) is 1.16. The maximum Gasteiger partial charge on any atom is 0.270 e. The molecule has 0 aliphatic carbocycles. The van der Waals surface area contributed by atoms with E-state index in [9.17, 15) is 4.79 Å². The summed E-state index contributed by atoms with van der Waals surface area (Å²) >= 11 is 7.42. The molecule has 180 valence electrons. The van der Waals surface area contributed by atoms with E-state index in [2.05, 4.69) is 5.32 Å². The van der Waals surface area contributed by atoms with Crippen LogP contribution in [0.15, 0.2) is 42.5 Å². The molecule has 0 radical (unpaired) electrons. The third kappa shape index (κ3) is 5.16. The van der Waals surface area contributed by atoms with Crippen LogP contribution in [0.2, 0.25) is 5.02 Å². The number of aromatic nitrogens is 1. The lowest BCUT2D eigenvalue weighted by molar-refractivity contribution is -0.000260. The second-order valence-electron chi connectivity index (χ2n) is 7.85. The van der Waals surface area contributed by atoms with Crippen molar-refractivity contribution in [3.8, 4) is 22.1 Å². The molecule has 1 atom stereocenters. The Kier molecular flexibility index (Phi) is 7.95. The van der Waals surface area contributed by atoms with Crippen molar-refractivity contribution >= 4 is 46.9 Å². The maximum atomic E-state index is 13.3. The van der Waals surface area contributed by atoms with Gasteiger partial charge in [-0.25, -0.2) is 4.98 Å². The Balaban J connectivity index is 0.00000274. The summed E-state index contributed by atoms with van der Waals surface area (Å²) in [6.45, 7) is 3.29. The van der Waals surface area contributed by atoms with Crippen molar-refractivity contribution in [1.82, 2.24) is 10.3 Å². The normalized spacial score (nSPS) is 17.6. The van der Waals surface area contributed by atoms with E-state index in [-0.39, 0.29) is 24.4 Å². The lowest BCUT2D eigenvalue weighted by Crippen LogP contribution is -2.41. The molecule has 1 N–H and O–H groups in total. The molecule has 2 aliphatic rings. The van der Waals surface area contributed by atoms with Gasteiger partial charge in [0, 0.05) is 48.4 Å². The number of nitrogens with one attached hydrogen (secondary N) is 1. The number of amides is 1. The fourth-order valence-electron chi connectivity index (χ4n) is 3.95. The highest BCUT2D eigenvalue weighted by atomic mass is 35.5. The molecule has 1 aromatic heterocycles. The van der Waals surface area contributed by atoms with Crippen LogP contribution >= 0.6 is 35.3 Å². The van der Waals surface area contributed by atoms with Crippen LogP contribution in [0.4, 0.5) is 5.69 Å². The highest BCUT2D eigenvalue weighted by Crippen LogP contribution is 2.37. The van der Waals surface area contributed by atoms with E-state index >= 15 is 0 Å². The molecular formula is C24H25Cl2N3O4S. The molecule has 5 rings (SSSR count). The second kappa shape index (κ2) is 10.9. The van der Waals surface area contributed by atoms with Crippen molar-refractivity contribution < 1.29 is 19.0 Å². The summed E-state index contributed by atoms with van der Waals surface area (Å²) in [6.07, 6.45) is 0.698. The Morgan fingerprint density at radius 3 is 2.79 bits per heavy atom. The number of morpholine rings is 1. The van der Waals surface area contributed by atoms with Crippen LogP contribution in [0.1, 0.15) is 15.4 Å². The number of nitrogens with zero attached hydrogens (tertiary/aromatic N) is 2. The molecule has 0 unspecified atom stereocenters. The van der Waals surface area contributed by atoms with Gasteiger partial charge in [-0.05, 0) is 24.3 Å². The van der Waals surface area contributed by atoms with Crippen LogP contribution in [0.5, 0.6) is 11.5 Å². The van der Waals surface area contributed by atoms with Crippen LogP contribution in [-0.4, -0.2) is 57.0 Å². The number of carbonyl (C=O) groups excluding carboxylic acids is 1. The van der Waals surface area contributed by atoms with E-state index < -0.39 is 0 Å². The summed E-state index contributed by atoms with van der Waals surface area (Å²) < 4.78 is 17.2. The van der Waals surface area contributed by atoms with Crippen LogP contribution in [-0.2, 0) is 11.2 Å². The highest BCUT2D eigenvalue weighted by molar-refractivity contribution is 7.17. The molecule has 0 spiro atoms. The number of benzene rings is 2. The lowest BCUT2D eigenvalue weighted by atomic mass is 10.1. The van der Waals surface area contributed by atoms with E-state index in [1.165, 1.54) is 11.3 Å². The Labute approximate surface area is 213 Å². The Morgan fingerprint density at radius 2 is 2.06 bits per heavy atom. The quantitative estimate of drug-likeness (QED) is 0.516. The first-order valence-corrected chi connectivity index (χ1v) is 12.0. The molecule has 1 amide bonds. The SMILES string of the molecule is COc1cc(N2CCc3nc(-c4ccc(Cl)cc4)sc3C2=O)ccc1OC[C@H]1CNCCO1.Cl. The summed E-state index contributed by atoms with van der Waals surface area (Å²) in [5.41, 5.74) is 2.57. The second-order valence-corrected chi connectivity index (χ2v) is 9.29. The number of carbonyl (C=O) groups is 1. The molecule has 7 nitrogen and oxygen atoms in total. The molecule has 3 aromatic rings. The molecule has 1 saturated heterocycles. The monoisotopic (exact) mass is 521 g/mol. The molecule has 2 aliphatic heterocycles. The molecule has 0 saturated carbocycles. The Bertz CT molecular complexity index is 1150. The van der Waals surface area contributed by atoms with Gasteiger partial charge < -0.3 is 24.4 Å². The largest absolute Gasteiger partial charge is 0.493 e. The molecule has 2 aromatic carbocycles.